The molecule has 98 valence electrons. The lowest BCUT2D eigenvalue weighted by atomic mass is 10.1. The third kappa shape index (κ3) is 2.72. The van der Waals surface area contributed by atoms with E-state index in [-0.39, 0.29) is 0 Å². The summed E-state index contributed by atoms with van der Waals surface area (Å²) in [5.41, 5.74) is 8.67. The van der Waals surface area contributed by atoms with E-state index < -0.39 is 0 Å². The Bertz CT molecular complexity index is 509. The fraction of sp³-hybridized carbons (Fsp3) is 0.538. The second kappa shape index (κ2) is 5.71. The molecule has 0 aliphatic rings. The van der Waals surface area contributed by atoms with Gasteiger partial charge in [-0.05, 0) is 35.8 Å². The van der Waals surface area contributed by atoms with Crippen molar-refractivity contribution in [2.24, 2.45) is 0 Å². The van der Waals surface area contributed by atoms with Gasteiger partial charge in [0.15, 0.2) is 11.0 Å². The molecule has 2 rings (SSSR count). The van der Waals surface area contributed by atoms with E-state index in [0.717, 1.165) is 12.1 Å². The van der Waals surface area contributed by atoms with Crippen molar-refractivity contribution in [3.8, 4) is 0 Å². The van der Waals surface area contributed by atoms with Gasteiger partial charge in [0.25, 0.3) is 0 Å². The minimum absolute atomic E-state index is 0.403. The molecule has 0 saturated heterocycles. The number of benzene rings is 1. The highest BCUT2D eigenvalue weighted by Gasteiger charge is 2.11. The van der Waals surface area contributed by atoms with Crippen LogP contribution >= 0.6 is 0 Å². The third-order valence-electron chi connectivity index (χ3n) is 3.09. The summed E-state index contributed by atoms with van der Waals surface area (Å²) in [6, 6.07) is 4.16. The maximum Gasteiger partial charge on any atom is 0.160 e. The quantitative estimate of drug-likeness (QED) is 0.606. The Morgan fingerprint density at radius 1 is 1.28 bits per heavy atom. The molecular formula is C13H20N4O. The van der Waals surface area contributed by atoms with Crippen molar-refractivity contribution in [3.05, 3.63) is 12.1 Å². The van der Waals surface area contributed by atoms with Gasteiger partial charge in [0.1, 0.15) is 0 Å². The van der Waals surface area contributed by atoms with Crippen LogP contribution < -0.4 is 11.1 Å². The van der Waals surface area contributed by atoms with Gasteiger partial charge in [-0.15, -0.1) is 0 Å². The normalized spacial score (nSPS) is 12.8. The molecule has 0 amide bonds. The van der Waals surface area contributed by atoms with Gasteiger partial charge in [-0.1, -0.05) is 26.2 Å². The fourth-order valence-corrected chi connectivity index (χ4v) is 2.04. The number of nitrogens with two attached hydrogens (primary N) is 1. The average molecular weight is 248 g/mol. The molecule has 0 aliphatic carbocycles. The number of nitrogens with zero attached hydrogens (tertiary/aromatic N) is 2. The van der Waals surface area contributed by atoms with Crippen molar-refractivity contribution in [2.45, 2.75) is 45.6 Å². The van der Waals surface area contributed by atoms with Crippen molar-refractivity contribution in [3.63, 3.8) is 0 Å². The van der Waals surface area contributed by atoms with Crippen molar-refractivity contribution in [1.82, 2.24) is 10.3 Å². The Morgan fingerprint density at radius 3 is 2.83 bits per heavy atom. The average Bonchev–Trinajstić information content (AvgIpc) is 2.83. The maximum atomic E-state index is 5.81. The lowest BCUT2D eigenvalue weighted by Crippen LogP contribution is -2.15. The van der Waals surface area contributed by atoms with Crippen LogP contribution in [0, 0.1) is 0 Å². The van der Waals surface area contributed by atoms with Crippen LogP contribution in [-0.2, 0) is 0 Å². The molecule has 2 aromatic rings. The number of unbranched alkanes of at least 4 members (excludes halogenated alkanes) is 2. The minimum atomic E-state index is 0.403. The predicted molar refractivity (Wildman–Crippen MR) is 73.4 cm³/mol. The number of anilines is 2. The van der Waals surface area contributed by atoms with E-state index in [0.29, 0.717) is 22.8 Å². The molecule has 5 nitrogen and oxygen atoms in total. The van der Waals surface area contributed by atoms with Gasteiger partial charge in [0.2, 0.25) is 0 Å². The lowest BCUT2D eigenvalue weighted by molar-refractivity contribution is 0.315. The molecule has 1 heterocycles. The van der Waals surface area contributed by atoms with Crippen LogP contribution in [0.2, 0.25) is 0 Å². The van der Waals surface area contributed by atoms with Gasteiger partial charge >= 0.3 is 0 Å². The fourth-order valence-electron chi connectivity index (χ4n) is 2.04. The second-order valence-electron chi connectivity index (χ2n) is 4.70. The van der Waals surface area contributed by atoms with Gasteiger partial charge in [0, 0.05) is 6.04 Å². The van der Waals surface area contributed by atoms with Gasteiger partial charge in [-0.3, -0.25) is 0 Å². The number of aromatic nitrogens is 2. The van der Waals surface area contributed by atoms with E-state index in [1.807, 2.05) is 12.1 Å². The van der Waals surface area contributed by atoms with Crippen LogP contribution in [-0.4, -0.2) is 16.4 Å². The Hall–Kier alpha value is -1.78. The second-order valence-corrected chi connectivity index (χ2v) is 4.70. The van der Waals surface area contributed by atoms with E-state index >= 15 is 0 Å². The Kier molecular flexibility index (Phi) is 4.02. The molecule has 1 aromatic heterocycles. The predicted octanol–water partition coefficient (Wildman–Crippen LogP) is 3.19. The van der Waals surface area contributed by atoms with Crippen molar-refractivity contribution in [1.29, 1.82) is 0 Å². The number of nitrogen functional groups attached to an aromatic ring is 1. The van der Waals surface area contributed by atoms with Gasteiger partial charge in [-0.2, -0.15) is 0 Å². The van der Waals surface area contributed by atoms with Crippen LogP contribution in [0.15, 0.2) is 16.8 Å². The Balaban J connectivity index is 2.07. The molecule has 0 fully saturated rings. The largest absolute Gasteiger partial charge is 0.397 e. The third-order valence-corrected chi connectivity index (χ3v) is 3.09. The highest BCUT2D eigenvalue weighted by atomic mass is 16.6. The van der Waals surface area contributed by atoms with Crippen LogP contribution in [0.25, 0.3) is 11.0 Å². The summed E-state index contributed by atoms with van der Waals surface area (Å²) < 4.78 is 4.75. The first kappa shape index (κ1) is 12.7. The summed E-state index contributed by atoms with van der Waals surface area (Å²) >= 11 is 0. The monoisotopic (exact) mass is 248 g/mol. The van der Waals surface area contributed by atoms with Gasteiger partial charge in [-0.25, -0.2) is 4.63 Å². The lowest BCUT2D eigenvalue weighted by Gasteiger charge is -2.15. The van der Waals surface area contributed by atoms with Crippen molar-refractivity contribution < 1.29 is 4.63 Å². The van der Waals surface area contributed by atoms with Crippen LogP contribution in [0.1, 0.15) is 39.5 Å². The number of nitrogens with one attached hydrogen (secondary N) is 1. The number of fused-ring (bicyclic) bond motifs is 1. The standard InChI is InChI=1S/C13H20N4O/c1-3-4-5-6-9(2)15-11-8-7-10(14)12-13(11)17-18-16-12/h7-9,15H,3-6,14H2,1-2H3. The number of hydrogen-bond donors (Lipinski definition) is 2. The summed E-state index contributed by atoms with van der Waals surface area (Å²) in [7, 11) is 0. The van der Waals surface area contributed by atoms with Gasteiger partial charge in [0.05, 0.1) is 11.4 Å². The van der Waals surface area contributed by atoms with Crippen LogP contribution in [0.3, 0.4) is 0 Å². The molecule has 1 atom stereocenters. The van der Waals surface area contributed by atoms with E-state index in [9.17, 15) is 0 Å². The topological polar surface area (TPSA) is 77.0 Å². The summed E-state index contributed by atoms with van der Waals surface area (Å²) in [5, 5.41) is 11.1. The Labute approximate surface area is 107 Å². The first-order chi connectivity index (χ1) is 8.72. The molecule has 1 aromatic carbocycles. The Morgan fingerprint density at radius 2 is 2.06 bits per heavy atom. The number of hydrogen-bond acceptors (Lipinski definition) is 5. The number of rotatable bonds is 6. The minimum Gasteiger partial charge on any atom is -0.397 e. The molecule has 18 heavy (non-hydrogen) atoms. The molecule has 0 radical (unpaired) electrons. The smallest absolute Gasteiger partial charge is 0.160 e. The van der Waals surface area contributed by atoms with E-state index in [4.69, 9.17) is 10.4 Å². The summed E-state index contributed by atoms with van der Waals surface area (Å²) in [4.78, 5) is 0. The van der Waals surface area contributed by atoms with E-state index in [1.54, 1.807) is 0 Å². The van der Waals surface area contributed by atoms with Crippen LogP contribution in [0.5, 0.6) is 0 Å². The molecule has 3 N–H and O–H groups in total. The molecular weight excluding hydrogens is 228 g/mol. The summed E-state index contributed by atoms with van der Waals surface area (Å²) in [6.07, 6.45) is 4.89. The highest BCUT2D eigenvalue weighted by Crippen LogP contribution is 2.26. The molecule has 0 saturated carbocycles. The first-order valence-corrected chi connectivity index (χ1v) is 6.49. The van der Waals surface area contributed by atoms with Gasteiger partial charge < -0.3 is 11.1 Å². The molecule has 1 unspecified atom stereocenters. The molecule has 5 heteroatoms. The summed E-state index contributed by atoms with van der Waals surface area (Å²) in [6.45, 7) is 4.38. The maximum absolute atomic E-state index is 5.81. The van der Waals surface area contributed by atoms with Crippen molar-refractivity contribution in [2.75, 3.05) is 11.1 Å². The zero-order valence-electron chi connectivity index (χ0n) is 10.9. The molecule has 0 bridgehead atoms. The zero-order valence-corrected chi connectivity index (χ0v) is 10.9. The van der Waals surface area contributed by atoms with Crippen LogP contribution in [0.4, 0.5) is 11.4 Å². The SMILES string of the molecule is CCCCCC(C)Nc1ccc(N)c2nonc12. The van der Waals surface area contributed by atoms with E-state index in [2.05, 4.69) is 29.5 Å². The zero-order chi connectivity index (χ0) is 13.0. The van der Waals surface area contributed by atoms with Crippen molar-refractivity contribution >= 4 is 22.4 Å². The highest BCUT2D eigenvalue weighted by molar-refractivity contribution is 5.94. The first-order valence-electron chi connectivity index (χ1n) is 6.49. The summed E-state index contributed by atoms with van der Waals surface area (Å²) in [5.74, 6) is 0. The van der Waals surface area contributed by atoms with E-state index in [1.165, 1.54) is 19.3 Å². The molecule has 0 aliphatic heterocycles. The molecule has 0 spiro atoms.